The first-order chi connectivity index (χ1) is 5.41. The Kier molecular flexibility index (Phi) is 15.9. The Morgan fingerprint density at radius 1 is 1.25 bits per heavy atom. The zero-order valence-electron chi connectivity index (χ0n) is 7.37. The summed E-state index contributed by atoms with van der Waals surface area (Å²) in [7, 11) is 0. The van der Waals surface area contributed by atoms with Crippen LogP contribution in [0.15, 0.2) is 30.9 Å². The van der Waals surface area contributed by atoms with Crippen molar-refractivity contribution in [3.8, 4) is 0 Å². The zero-order chi connectivity index (χ0) is 8.36. The first-order valence-corrected chi connectivity index (χ1v) is 4.02. The van der Waals surface area contributed by atoms with Crippen LogP contribution in [0.2, 0.25) is 0 Å². The molecular formula is C11H16Pd. The molecule has 0 aromatic heterocycles. The van der Waals surface area contributed by atoms with Crippen LogP contribution in [0.4, 0.5) is 0 Å². The topological polar surface area (TPSA) is 0 Å². The molecule has 0 amide bonds. The Bertz CT molecular complexity index is 108. The van der Waals surface area contributed by atoms with Crippen LogP contribution >= 0.6 is 0 Å². The first-order valence-electron chi connectivity index (χ1n) is 4.02. The van der Waals surface area contributed by atoms with Crippen molar-refractivity contribution in [1.29, 1.82) is 0 Å². The van der Waals surface area contributed by atoms with E-state index in [-0.39, 0.29) is 20.4 Å². The van der Waals surface area contributed by atoms with E-state index in [0.29, 0.717) is 0 Å². The summed E-state index contributed by atoms with van der Waals surface area (Å²) in [5.41, 5.74) is 0. The normalized spacial score (nSPS) is 14.3. The average molecular weight is 255 g/mol. The second-order valence-electron chi connectivity index (χ2n) is 2.28. The molecule has 0 atom stereocenters. The van der Waals surface area contributed by atoms with Crippen molar-refractivity contribution in [3.63, 3.8) is 0 Å². The van der Waals surface area contributed by atoms with Gasteiger partial charge < -0.3 is 6.08 Å². The van der Waals surface area contributed by atoms with Crippen LogP contribution in [0.3, 0.4) is 0 Å². The summed E-state index contributed by atoms with van der Waals surface area (Å²) in [4.78, 5) is 0. The molecule has 0 saturated carbocycles. The maximum absolute atomic E-state index is 3.25. The van der Waals surface area contributed by atoms with Crippen molar-refractivity contribution in [1.82, 2.24) is 0 Å². The second-order valence-corrected chi connectivity index (χ2v) is 2.28. The SMILES string of the molecule is C=C[CH2-].[C-]1=CCCC=CCC1.[Pd+2]. The smallest absolute Gasteiger partial charge is 0.500 e. The molecule has 0 aliphatic heterocycles. The fraction of sp³-hybridized carbons (Fsp3) is 0.364. The predicted molar refractivity (Wildman–Crippen MR) is 51.0 cm³/mol. The molecule has 0 unspecified atom stereocenters. The Labute approximate surface area is 90.1 Å². The van der Waals surface area contributed by atoms with Crippen molar-refractivity contribution in [2.45, 2.75) is 25.7 Å². The van der Waals surface area contributed by atoms with Crippen molar-refractivity contribution in [2.24, 2.45) is 0 Å². The maximum atomic E-state index is 3.25. The predicted octanol–water partition coefficient (Wildman–Crippen LogP) is 3.48. The van der Waals surface area contributed by atoms with Crippen LogP contribution < -0.4 is 0 Å². The minimum absolute atomic E-state index is 0. The van der Waals surface area contributed by atoms with Gasteiger partial charge in [-0.3, -0.25) is 6.08 Å². The third-order valence-corrected chi connectivity index (χ3v) is 1.24. The number of hydrogen-bond donors (Lipinski definition) is 0. The molecular weight excluding hydrogens is 239 g/mol. The van der Waals surface area contributed by atoms with Crippen LogP contribution in [0.5, 0.6) is 0 Å². The monoisotopic (exact) mass is 254 g/mol. The van der Waals surface area contributed by atoms with E-state index in [0.717, 1.165) is 6.42 Å². The molecule has 12 heavy (non-hydrogen) atoms. The standard InChI is InChI=1S/C8H11.C3H5.Pd/c1-2-4-6-8-7-5-3-1;1-3-2;/h1-2,7H,3-6H2;3H,1-2H2;/q2*-1;+2. The van der Waals surface area contributed by atoms with E-state index in [9.17, 15) is 0 Å². The Hall–Kier alpha value is -0.248. The quantitative estimate of drug-likeness (QED) is 0.353. The minimum Gasteiger partial charge on any atom is -0.500 e. The summed E-state index contributed by atoms with van der Waals surface area (Å²) < 4.78 is 0. The largest absolute Gasteiger partial charge is 2.00 e. The van der Waals surface area contributed by atoms with Gasteiger partial charge in [0.25, 0.3) is 0 Å². The van der Waals surface area contributed by atoms with Crippen molar-refractivity contribution in [3.05, 3.63) is 43.9 Å². The molecule has 1 aliphatic rings. The van der Waals surface area contributed by atoms with Gasteiger partial charge in [-0.1, -0.05) is 25.0 Å². The fourth-order valence-electron chi connectivity index (χ4n) is 0.786. The van der Waals surface area contributed by atoms with Crippen molar-refractivity contribution in [2.75, 3.05) is 0 Å². The maximum Gasteiger partial charge on any atom is 2.00 e. The molecule has 0 aromatic rings. The Morgan fingerprint density at radius 3 is 2.50 bits per heavy atom. The van der Waals surface area contributed by atoms with Gasteiger partial charge in [0.1, 0.15) is 0 Å². The van der Waals surface area contributed by atoms with Gasteiger partial charge in [0.2, 0.25) is 0 Å². The summed E-state index contributed by atoms with van der Waals surface area (Å²) >= 11 is 0. The molecule has 0 spiro atoms. The van der Waals surface area contributed by atoms with E-state index in [1.807, 2.05) is 0 Å². The van der Waals surface area contributed by atoms with Gasteiger partial charge in [0.15, 0.2) is 0 Å². The molecule has 0 saturated heterocycles. The third-order valence-electron chi connectivity index (χ3n) is 1.24. The number of allylic oxidation sites excluding steroid dienone is 5. The Balaban J connectivity index is 0. The van der Waals surface area contributed by atoms with E-state index in [1.54, 1.807) is 0 Å². The molecule has 1 rings (SSSR count). The summed E-state index contributed by atoms with van der Waals surface area (Å²) in [6.45, 7) is 6.50. The fourth-order valence-corrected chi connectivity index (χ4v) is 0.786. The van der Waals surface area contributed by atoms with E-state index in [2.05, 4.69) is 37.8 Å². The first kappa shape index (κ1) is 14.3. The molecule has 0 N–H and O–H groups in total. The number of rotatable bonds is 0. The second kappa shape index (κ2) is 13.3. The van der Waals surface area contributed by atoms with Crippen LogP contribution in [0.1, 0.15) is 25.7 Å². The van der Waals surface area contributed by atoms with E-state index < -0.39 is 0 Å². The third kappa shape index (κ3) is 12.4. The van der Waals surface area contributed by atoms with Crippen LogP contribution in [-0.2, 0) is 20.4 Å². The molecule has 1 aliphatic carbocycles. The van der Waals surface area contributed by atoms with Gasteiger partial charge >= 0.3 is 20.4 Å². The summed E-state index contributed by atoms with van der Waals surface area (Å²) in [6, 6.07) is 0. The van der Waals surface area contributed by atoms with Gasteiger partial charge in [-0.15, -0.1) is 0 Å². The van der Waals surface area contributed by atoms with Gasteiger partial charge in [0, 0.05) is 0 Å². The average Bonchev–Trinajstić information content (AvgIpc) is 1.86. The molecule has 70 valence electrons. The Morgan fingerprint density at radius 2 is 1.83 bits per heavy atom. The molecule has 1 heteroatoms. The van der Waals surface area contributed by atoms with Crippen molar-refractivity contribution < 1.29 is 20.4 Å². The van der Waals surface area contributed by atoms with Crippen LogP contribution in [0.25, 0.3) is 0 Å². The van der Waals surface area contributed by atoms with E-state index >= 15 is 0 Å². The minimum atomic E-state index is 0. The summed E-state index contributed by atoms with van der Waals surface area (Å²) in [5, 5.41) is 0. The van der Waals surface area contributed by atoms with E-state index in [1.165, 1.54) is 25.3 Å². The van der Waals surface area contributed by atoms with Gasteiger partial charge in [-0.2, -0.15) is 6.42 Å². The van der Waals surface area contributed by atoms with Crippen LogP contribution in [-0.4, -0.2) is 0 Å². The number of hydrogen-bond acceptors (Lipinski definition) is 0. The molecule has 0 radical (unpaired) electrons. The molecule has 0 aromatic carbocycles. The summed E-state index contributed by atoms with van der Waals surface area (Å²) in [6.07, 6.45) is 16.0. The zero-order valence-corrected chi connectivity index (χ0v) is 8.92. The van der Waals surface area contributed by atoms with Gasteiger partial charge in [0.05, 0.1) is 0 Å². The van der Waals surface area contributed by atoms with Crippen molar-refractivity contribution >= 4 is 0 Å². The van der Waals surface area contributed by atoms with E-state index in [4.69, 9.17) is 0 Å². The van der Waals surface area contributed by atoms with Crippen LogP contribution in [0, 0.1) is 13.0 Å². The van der Waals surface area contributed by atoms with Gasteiger partial charge in [-0.05, 0) is 6.42 Å². The molecule has 0 fully saturated rings. The molecule has 0 heterocycles. The molecule has 0 nitrogen and oxygen atoms in total. The van der Waals surface area contributed by atoms with Gasteiger partial charge in [-0.25, -0.2) is 19.6 Å². The summed E-state index contributed by atoms with van der Waals surface area (Å²) in [5.74, 6) is 0. The molecule has 0 bridgehead atoms.